The molecule has 0 saturated carbocycles. The van der Waals surface area contributed by atoms with Gasteiger partial charge in [0, 0.05) is 18.8 Å². The van der Waals surface area contributed by atoms with Gasteiger partial charge in [-0.3, -0.25) is 4.99 Å². The van der Waals surface area contributed by atoms with Crippen LogP contribution < -0.4 is 17.2 Å². The average Bonchev–Trinajstić information content (AvgIpc) is 2.52. The molecular formula is C8H20N4S. The van der Waals surface area contributed by atoms with Crippen LogP contribution in [-0.4, -0.2) is 30.6 Å². The molecule has 1 rings (SSSR count). The number of guanidine groups is 1. The first-order valence-electron chi connectivity index (χ1n) is 4.39. The van der Waals surface area contributed by atoms with Crippen molar-refractivity contribution >= 4 is 17.7 Å². The Morgan fingerprint density at radius 2 is 2.08 bits per heavy atom. The number of thioether (sulfide) groups is 1. The largest absolute Gasteiger partial charge is 0.370 e. The summed E-state index contributed by atoms with van der Waals surface area (Å²) in [5.74, 6) is 2.36. The maximum Gasteiger partial charge on any atom is 0.185 e. The Morgan fingerprint density at radius 1 is 1.54 bits per heavy atom. The molecule has 4 nitrogen and oxygen atoms in total. The van der Waals surface area contributed by atoms with Gasteiger partial charge in [-0.2, -0.15) is 11.8 Å². The lowest BCUT2D eigenvalue weighted by Crippen LogP contribution is -2.21. The van der Waals surface area contributed by atoms with Crippen molar-refractivity contribution in [3.05, 3.63) is 0 Å². The van der Waals surface area contributed by atoms with Crippen LogP contribution in [0.15, 0.2) is 4.99 Å². The SMILES string of the molecule is CC1CSC(CN)C1.CN=C(N)N. The van der Waals surface area contributed by atoms with E-state index in [1.165, 1.54) is 19.2 Å². The van der Waals surface area contributed by atoms with Crippen LogP contribution in [0.5, 0.6) is 0 Å². The molecule has 0 spiro atoms. The topological polar surface area (TPSA) is 90.4 Å². The summed E-state index contributed by atoms with van der Waals surface area (Å²) in [6, 6.07) is 0. The number of rotatable bonds is 1. The second kappa shape index (κ2) is 7.03. The minimum Gasteiger partial charge on any atom is -0.370 e. The maximum atomic E-state index is 5.48. The van der Waals surface area contributed by atoms with Crippen LogP contribution in [0.4, 0.5) is 0 Å². The molecule has 5 heteroatoms. The fourth-order valence-electron chi connectivity index (χ4n) is 1.05. The van der Waals surface area contributed by atoms with E-state index < -0.39 is 0 Å². The molecule has 0 amide bonds. The summed E-state index contributed by atoms with van der Waals surface area (Å²) in [6.45, 7) is 3.16. The van der Waals surface area contributed by atoms with E-state index in [1.54, 1.807) is 0 Å². The normalized spacial score (nSPS) is 26.1. The molecule has 0 bridgehead atoms. The van der Waals surface area contributed by atoms with Crippen molar-refractivity contribution in [3.63, 3.8) is 0 Å². The summed E-state index contributed by atoms with van der Waals surface area (Å²) >= 11 is 2.03. The Hall–Kier alpha value is -0.420. The highest BCUT2D eigenvalue weighted by Crippen LogP contribution is 2.29. The van der Waals surface area contributed by atoms with Crippen LogP contribution in [0, 0.1) is 5.92 Å². The zero-order valence-corrected chi connectivity index (χ0v) is 9.18. The molecular weight excluding hydrogens is 184 g/mol. The number of nitrogens with zero attached hydrogens (tertiary/aromatic N) is 1. The third-order valence-electron chi connectivity index (χ3n) is 1.80. The molecule has 2 unspecified atom stereocenters. The first-order chi connectivity index (χ1) is 6.10. The second-order valence-corrected chi connectivity index (χ2v) is 4.51. The molecule has 1 aliphatic heterocycles. The molecule has 1 fully saturated rings. The van der Waals surface area contributed by atoms with Crippen molar-refractivity contribution in [2.24, 2.45) is 28.1 Å². The smallest absolute Gasteiger partial charge is 0.185 e. The van der Waals surface area contributed by atoms with E-state index >= 15 is 0 Å². The Bertz CT molecular complexity index is 156. The molecule has 1 aliphatic rings. The Labute approximate surface area is 84.3 Å². The Morgan fingerprint density at radius 3 is 2.23 bits per heavy atom. The van der Waals surface area contributed by atoms with Crippen molar-refractivity contribution < 1.29 is 0 Å². The monoisotopic (exact) mass is 204 g/mol. The molecule has 1 heterocycles. The van der Waals surface area contributed by atoms with Crippen LogP contribution in [0.25, 0.3) is 0 Å². The van der Waals surface area contributed by atoms with Gasteiger partial charge in [0.05, 0.1) is 0 Å². The van der Waals surface area contributed by atoms with Crippen LogP contribution in [0.3, 0.4) is 0 Å². The molecule has 0 aromatic rings. The quantitative estimate of drug-likeness (QED) is 0.413. The highest BCUT2D eigenvalue weighted by molar-refractivity contribution is 8.00. The molecule has 78 valence electrons. The van der Waals surface area contributed by atoms with Gasteiger partial charge in [0.1, 0.15) is 0 Å². The minimum absolute atomic E-state index is 0.130. The number of aliphatic imine (C=N–C) groups is 1. The summed E-state index contributed by atoms with van der Waals surface area (Å²) in [5, 5.41) is 0.769. The molecule has 2 atom stereocenters. The third-order valence-corrected chi connectivity index (χ3v) is 3.42. The molecule has 0 aromatic heterocycles. The summed E-state index contributed by atoms with van der Waals surface area (Å²) in [5.41, 5.74) is 15.1. The lowest BCUT2D eigenvalue weighted by atomic mass is 10.1. The van der Waals surface area contributed by atoms with E-state index in [9.17, 15) is 0 Å². The lowest BCUT2D eigenvalue weighted by molar-refractivity contribution is 0.612. The zero-order chi connectivity index (χ0) is 10.3. The van der Waals surface area contributed by atoms with Crippen LogP contribution in [0.1, 0.15) is 13.3 Å². The Kier molecular flexibility index (Phi) is 6.80. The van der Waals surface area contributed by atoms with Gasteiger partial charge < -0.3 is 17.2 Å². The van der Waals surface area contributed by atoms with E-state index in [0.717, 1.165) is 17.7 Å². The number of hydrogen-bond donors (Lipinski definition) is 3. The Balaban J connectivity index is 0.000000252. The molecule has 6 N–H and O–H groups in total. The fraction of sp³-hybridized carbons (Fsp3) is 0.875. The summed E-state index contributed by atoms with van der Waals surface area (Å²) in [7, 11) is 1.54. The van der Waals surface area contributed by atoms with Crippen LogP contribution in [0.2, 0.25) is 0 Å². The lowest BCUT2D eigenvalue weighted by Gasteiger charge is -2.01. The summed E-state index contributed by atoms with van der Waals surface area (Å²) < 4.78 is 0. The van der Waals surface area contributed by atoms with Gasteiger partial charge in [0.15, 0.2) is 5.96 Å². The van der Waals surface area contributed by atoms with Crippen molar-refractivity contribution in [2.75, 3.05) is 19.3 Å². The van der Waals surface area contributed by atoms with E-state index in [4.69, 9.17) is 17.2 Å². The number of nitrogens with two attached hydrogens (primary N) is 3. The highest BCUT2D eigenvalue weighted by Gasteiger charge is 2.19. The van der Waals surface area contributed by atoms with Gasteiger partial charge in [-0.25, -0.2) is 0 Å². The average molecular weight is 204 g/mol. The van der Waals surface area contributed by atoms with E-state index in [2.05, 4.69) is 11.9 Å². The zero-order valence-electron chi connectivity index (χ0n) is 8.36. The summed E-state index contributed by atoms with van der Waals surface area (Å²) in [6.07, 6.45) is 1.33. The van der Waals surface area contributed by atoms with Gasteiger partial charge in [-0.15, -0.1) is 0 Å². The van der Waals surface area contributed by atoms with Crippen molar-refractivity contribution in [1.82, 2.24) is 0 Å². The van der Waals surface area contributed by atoms with E-state index in [0.29, 0.717) is 0 Å². The minimum atomic E-state index is 0.130. The highest BCUT2D eigenvalue weighted by atomic mass is 32.2. The van der Waals surface area contributed by atoms with Gasteiger partial charge in [-0.05, 0) is 18.1 Å². The number of hydrogen-bond acceptors (Lipinski definition) is 3. The molecule has 0 aliphatic carbocycles. The van der Waals surface area contributed by atoms with E-state index in [1.807, 2.05) is 11.8 Å². The van der Waals surface area contributed by atoms with Gasteiger partial charge >= 0.3 is 0 Å². The third kappa shape index (κ3) is 6.72. The standard InChI is InChI=1S/C6H13NS.C2H7N3/c1-5-2-6(3-7)8-4-5;1-5-2(3)4/h5-6H,2-4,7H2,1H3;1H3,(H4,3,4,5). The van der Waals surface area contributed by atoms with Crippen LogP contribution in [-0.2, 0) is 0 Å². The van der Waals surface area contributed by atoms with Gasteiger partial charge in [0.25, 0.3) is 0 Å². The van der Waals surface area contributed by atoms with Gasteiger partial charge in [-0.1, -0.05) is 6.92 Å². The molecule has 0 radical (unpaired) electrons. The van der Waals surface area contributed by atoms with Crippen molar-refractivity contribution in [3.8, 4) is 0 Å². The molecule has 1 saturated heterocycles. The molecule has 13 heavy (non-hydrogen) atoms. The first-order valence-corrected chi connectivity index (χ1v) is 5.44. The predicted octanol–water partition coefficient (Wildman–Crippen LogP) is -0.0237. The molecule has 0 aromatic carbocycles. The maximum absolute atomic E-state index is 5.48. The summed E-state index contributed by atoms with van der Waals surface area (Å²) in [4.78, 5) is 3.36. The predicted molar refractivity (Wildman–Crippen MR) is 60.8 cm³/mol. The van der Waals surface area contributed by atoms with Crippen molar-refractivity contribution in [2.45, 2.75) is 18.6 Å². The van der Waals surface area contributed by atoms with Crippen LogP contribution >= 0.6 is 11.8 Å². The van der Waals surface area contributed by atoms with E-state index in [-0.39, 0.29) is 5.96 Å². The first kappa shape index (κ1) is 12.6. The van der Waals surface area contributed by atoms with Crippen molar-refractivity contribution in [1.29, 1.82) is 0 Å². The van der Waals surface area contributed by atoms with Gasteiger partial charge in [0.2, 0.25) is 0 Å². The fourth-order valence-corrected chi connectivity index (χ4v) is 2.39. The second-order valence-electron chi connectivity index (χ2n) is 3.18.